The van der Waals surface area contributed by atoms with Gasteiger partial charge in [0.05, 0.1) is 11.0 Å². The molecule has 6 rings (SSSR count). The van der Waals surface area contributed by atoms with Crippen LogP contribution in [0.1, 0.15) is 44.2 Å². The minimum absolute atomic E-state index is 0.00802. The van der Waals surface area contributed by atoms with Gasteiger partial charge in [0.2, 0.25) is 5.91 Å². The van der Waals surface area contributed by atoms with Gasteiger partial charge in [0.1, 0.15) is 11.9 Å². The highest BCUT2D eigenvalue weighted by Crippen LogP contribution is 2.30. The van der Waals surface area contributed by atoms with Crippen molar-refractivity contribution in [3.05, 3.63) is 183 Å². The number of nitro benzene ring substituents is 1. The molecule has 1 aliphatic heterocycles. The molecule has 1 unspecified atom stereocenters. The van der Waals surface area contributed by atoms with Gasteiger partial charge >= 0.3 is 0 Å². The van der Waals surface area contributed by atoms with Crippen LogP contribution < -0.4 is 0 Å². The van der Waals surface area contributed by atoms with E-state index in [0.717, 1.165) is 5.56 Å². The molecule has 5 aromatic rings. The molecule has 0 radical (unpaired) electrons. The zero-order valence-corrected chi connectivity index (χ0v) is 27.9. The molecule has 2 amide bonds. The summed E-state index contributed by atoms with van der Waals surface area (Å²) >= 11 is 0. The van der Waals surface area contributed by atoms with E-state index in [4.69, 9.17) is 0 Å². The molecule has 0 aliphatic carbocycles. The van der Waals surface area contributed by atoms with E-state index in [1.165, 1.54) is 34.2 Å². The standard InChI is InChI=1S/C41H39FN4O4/c1-30-17-20-35(28-37(30)46(49)50)40(47)45(29-32-18-21-36(42)22-19-32)38(27-31-11-5-2-6-12-31)41(48)44-25-23-43(24-26-44)39(33-13-7-3-8-14-33)34-15-9-4-10-16-34/h2-22,28,38-39H,23-27,29H2,1H3. The Balaban J connectivity index is 1.32. The van der Waals surface area contributed by atoms with Crippen LogP contribution in [0.15, 0.2) is 133 Å². The van der Waals surface area contributed by atoms with Crippen LogP contribution in [0, 0.1) is 22.9 Å². The summed E-state index contributed by atoms with van der Waals surface area (Å²) in [4.78, 5) is 46.1. The number of rotatable bonds is 11. The van der Waals surface area contributed by atoms with Crippen LogP contribution in [0.3, 0.4) is 0 Å². The third-order valence-electron chi connectivity index (χ3n) is 9.33. The van der Waals surface area contributed by atoms with Crippen molar-refractivity contribution >= 4 is 17.5 Å². The number of hydrogen-bond acceptors (Lipinski definition) is 5. The summed E-state index contributed by atoms with van der Waals surface area (Å²) in [6.45, 7) is 3.77. The minimum Gasteiger partial charge on any atom is -0.338 e. The fourth-order valence-corrected chi connectivity index (χ4v) is 6.68. The third kappa shape index (κ3) is 7.96. The summed E-state index contributed by atoms with van der Waals surface area (Å²) in [6.07, 6.45) is 0.234. The summed E-state index contributed by atoms with van der Waals surface area (Å²) in [5.41, 5.74) is 4.19. The molecule has 0 bridgehead atoms. The fourth-order valence-electron chi connectivity index (χ4n) is 6.68. The van der Waals surface area contributed by atoms with Gasteiger partial charge in [-0.1, -0.05) is 109 Å². The predicted octanol–water partition coefficient (Wildman–Crippen LogP) is 7.23. The molecule has 0 N–H and O–H groups in total. The van der Waals surface area contributed by atoms with Crippen molar-refractivity contribution in [1.82, 2.24) is 14.7 Å². The Morgan fingerprint density at radius 1 is 0.760 bits per heavy atom. The van der Waals surface area contributed by atoms with Gasteiger partial charge in [0.15, 0.2) is 0 Å². The van der Waals surface area contributed by atoms with Crippen molar-refractivity contribution in [2.75, 3.05) is 26.2 Å². The highest BCUT2D eigenvalue weighted by Gasteiger charge is 2.37. The summed E-state index contributed by atoms with van der Waals surface area (Å²) in [5.74, 6) is -1.14. The zero-order valence-electron chi connectivity index (χ0n) is 27.9. The highest BCUT2D eigenvalue weighted by atomic mass is 19.1. The summed E-state index contributed by atoms with van der Waals surface area (Å²) in [6, 6.07) is 39.4. The molecule has 8 nitrogen and oxygen atoms in total. The molecule has 1 saturated heterocycles. The van der Waals surface area contributed by atoms with Crippen LogP contribution >= 0.6 is 0 Å². The van der Waals surface area contributed by atoms with Crippen molar-refractivity contribution in [2.24, 2.45) is 0 Å². The van der Waals surface area contributed by atoms with E-state index in [-0.39, 0.29) is 36.2 Å². The Morgan fingerprint density at radius 2 is 1.32 bits per heavy atom. The molecule has 1 aliphatic rings. The lowest BCUT2D eigenvalue weighted by molar-refractivity contribution is -0.385. The number of amides is 2. The molecule has 0 aromatic heterocycles. The predicted molar refractivity (Wildman–Crippen MR) is 191 cm³/mol. The second kappa shape index (κ2) is 15.7. The number of halogens is 1. The Bertz CT molecular complexity index is 1880. The van der Waals surface area contributed by atoms with E-state index in [0.29, 0.717) is 37.3 Å². The number of benzene rings is 5. The molecule has 1 atom stereocenters. The van der Waals surface area contributed by atoms with Gasteiger partial charge in [-0.15, -0.1) is 0 Å². The number of piperazine rings is 1. The molecular formula is C41H39FN4O4. The van der Waals surface area contributed by atoms with Gasteiger partial charge in [0.25, 0.3) is 11.6 Å². The van der Waals surface area contributed by atoms with Gasteiger partial charge in [0, 0.05) is 56.3 Å². The van der Waals surface area contributed by atoms with Crippen molar-refractivity contribution in [3.8, 4) is 0 Å². The van der Waals surface area contributed by atoms with E-state index in [9.17, 15) is 24.1 Å². The smallest absolute Gasteiger partial charge is 0.273 e. The summed E-state index contributed by atoms with van der Waals surface area (Å²) in [5, 5.41) is 11.8. The van der Waals surface area contributed by atoms with Gasteiger partial charge in [-0.25, -0.2) is 4.39 Å². The lowest BCUT2D eigenvalue weighted by Gasteiger charge is -2.42. The first-order valence-electron chi connectivity index (χ1n) is 16.8. The summed E-state index contributed by atoms with van der Waals surface area (Å²) in [7, 11) is 0. The minimum atomic E-state index is -0.930. The number of carbonyl (C=O) groups is 2. The Hall–Kier alpha value is -5.67. The second-order valence-electron chi connectivity index (χ2n) is 12.6. The first-order chi connectivity index (χ1) is 24.3. The molecule has 0 saturated carbocycles. The zero-order chi connectivity index (χ0) is 35.0. The maximum Gasteiger partial charge on any atom is 0.273 e. The average Bonchev–Trinajstić information content (AvgIpc) is 3.15. The first-order valence-corrected chi connectivity index (χ1v) is 16.8. The number of hydrogen-bond donors (Lipinski definition) is 0. The maximum absolute atomic E-state index is 14.7. The van der Waals surface area contributed by atoms with Crippen molar-refractivity contribution in [3.63, 3.8) is 0 Å². The SMILES string of the molecule is Cc1ccc(C(=O)N(Cc2ccc(F)cc2)C(Cc2ccccc2)C(=O)N2CCN(C(c3ccccc3)c3ccccc3)CC2)cc1[N+](=O)[O-]. The van der Waals surface area contributed by atoms with Crippen LogP contribution in [0.25, 0.3) is 0 Å². The number of nitro groups is 1. The van der Waals surface area contributed by atoms with Crippen LogP contribution in [-0.4, -0.2) is 63.7 Å². The largest absolute Gasteiger partial charge is 0.338 e. The highest BCUT2D eigenvalue weighted by molar-refractivity contribution is 5.98. The van der Waals surface area contributed by atoms with E-state index >= 15 is 0 Å². The summed E-state index contributed by atoms with van der Waals surface area (Å²) < 4.78 is 13.9. The third-order valence-corrected chi connectivity index (χ3v) is 9.33. The van der Waals surface area contributed by atoms with Crippen LogP contribution in [0.5, 0.6) is 0 Å². The number of nitrogens with zero attached hydrogens (tertiary/aromatic N) is 4. The van der Waals surface area contributed by atoms with Crippen LogP contribution in [0.2, 0.25) is 0 Å². The van der Waals surface area contributed by atoms with Crippen LogP contribution in [0.4, 0.5) is 10.1 Å². The van der Waals surface area contributed by atoms with Gasteiger partial charge in [-0.05, 0) is 47.4 Å². The molecule has 1 fully saturated rings. The van der Waals surface area contributed by atoms with Gasteiger partial charge in [-0.3, -0.25) is 24.6 Å². The van der Waals surface area contributed by atoms with Crippen molar-refractivity contribution in [2.45, 2.75) is 32.0 Å². The van der Waals surface area contributed by atoms with Gasteiger partial charge in [-0.2, -0.15) is 0 Å². The van der Waals surface area contributed by atoms with E-state index in [1.807, 2.05) is 71.6 Å². The molecule has 0 spiro atoms. The number of carbonyl (C=O) groups excluding carboxylic acids is 2. The second-order valence-corrected chi connectivity index (χ2v) is 12.6. The fraction of sp³-hybridized carbons (Fsp3) is 0.220. The molecule has 1 heterocycles. The molecule has 9 heteroatoms. The quantitative estimate of drug-likeness (QED) is 0.109. The van der Waals surface area contributed by atoms with E-state index < -0.39 is 22.7 Å². The van der Waals surface area contributed by atoms with Crippen molar-refractivity contribution < 1.29 is 18.9 Å². The van der Waals surface area contributed by atoms with E-state index in [1.54, 1.807) is 31.2 Å². The molecular weight excluding hydrogens is 631 g/mol. The first kappa shape index (κ1) is 34.2. The van der Waals surface area contributed by atoms with Crippen molar-refractivity contribution in [1.29, 1.82) is 0 Å². The Morgan fingerprint density at radius 3 is 1.88 bits per heavy atom. The topological polar surface area (TPSA) is 87.0 Å². The van der Waals surface area contributed by atoms with Crippen LogP contribution in [-0.2, 0) is 17.8 Å². The monoisotopic (exact) mass is 670 g/mol. The van der Waals surface area contributed by atoms with E-state index in [2.05, 4.69) is 29.2 Å². The Labute approximate surface area is 291 Å². The lowest BCUT2D eigenvalue weighted by atomic mass is 9.96. The maximum atomic E-state index is 14.7. The molecule has 254 valence electrons. The van der Waals surface area contributed by atoms with Gasteiger partial charge < -0.3 is 9.80 Å². The lowest BCUT2D eigenvalue weighted by Crippen LogP contribution is -2.57. The normalized spacial score (nSPS) is 13.9. The molecule has 5 aromatic carbocycles. The Kier molecular flexibility index (Phi) is 10.7. The average molecular weight is 671 g/mol. The molecule has 50 heavy (non-hydrogen) atoms. The number of aryl methyl sites for hydroxylation is 1.